The van der Waals surface area contributed by atoms with Crippen LogP contribution in [0, 0.1) is 5.92 Å². The van der Waals surface area contributed by atoms with Crippen LogP contribution in [0.3, 0.4) is 0 Å². The lowest BCUT2D eigenvalue weighted by Crippen LogP contribution is -2.17. The van der Waals surface area contributed by atoms with Crippen molar-refractivity contribution in [3.63, 3.8) is 0 Å². The van der Waals surface area contributed by atoms with Crippen LogP contribution in [0.4, 0.5) is 24.9 Å². The first-order chi connectivity index (χ1) is 15.8. The summed E-state index contributed by atoms with van der Waals surface area (Å²) in [5.74, 6) is -0.675. The molecule has 1 saturated carbocycles. The lowest BCUT2D eigenvalue weighted by molar-refractivity contribution is -0.156. The number of aromatic nitrogens is 3. The van der Waals surface area contributed by atoms with Crippen molar-refractivity contribution in [2.75, 3.05) is 12.4 Å². The molecule has 0 aliphatic heterocycles. The van der Waals surface area contributed by atoms with E-state index in [1.54, 1.807) is 12.1 Å². The maximum atomic E-state index is 12.6. The van der Waals surface area contributed by atoms with Crippen LogP contribution in [0.15, 0.2) is 47.0 Å². The molecule has 0 atom stereocenters. The van der Waals surface area contributed by atoms with Crippen molar-refractivity contribution in [3.05, 3.63) is 54.0 Å². The van der Waals surface area contributed by atoms with Gasteiger partial charge in [0, 0.05) is 12.0 Å². The summed E-state index contributed by atoms with van der Waals surface area (Å²) >= 11 is 0. The smallest absolute Gasteiger partial charge is 0.469 e. The number of nitrogens with zero attached hydrogens (tertiary/aromatic N) is 3. The fraction of sp³-hybridized carbons (Fsp3) is 0.391. The minimum Gasteiger partial charge on any atom is -0.469 e. The van der Waals surface area contributed by atoms with Gasteiger partial charge < -0.3 is 14.5 Å². The van der Waals surface area contributed by atoms with Gasteiger partial charge in [-0.25, -0.2) is 0 Å². The van der Waals surface area contributed by atoms with Crippen molar-refractivity contribution in [2.45, 2.75) is 44.2 Å². The summed E-state index contributed by atoms with van der Waals surface area (Å²) in [6.07, 6.45) is 1.42. The van der Waals surface area contributed by atoms with Crippen molar-refractivity contribution >= 4 is 17.7 Å². The normalized spacial score (nSPS) is 18.7. The van der Waals surface area contributed by atoms with E-state index in [0.29, 0.717) is 23.9 Å². The first-order valence-electron chi connectivity index (χ1n) is 10.6. The third kappa shape index (κ3) is 5.68. The van der Waals surface area contributed by atoms with Gasteiger partial charge in [-0.3, -0.25) is 9.78 Å². The monoisotopic (exact) mass is 460 g/mol. The number of ether oxygens (including phenoxy) is 1. The Bertz CT molecular complexity index is 1070. The Hall–Kier alpha value is -3.43. The lowest BCUT2D eigenvalue weighted by atomic mass is 9.77. The van der Waals surface area contributed by atoms with Crippen molar-refractivity contribution in [2.24, 2.45) is 5.92 Å². The minimum absolute atomic E-state index is 0.139. The summed E-state index contributed by atoms with van der Waals surface area (Å²) in [6, 6.07) is 11.3. The van der Waals surface area contributed by atoms with Crippen molar-refractivity contribution in [1.82, 2.24) is 15.2 Å². The van der Waals surface area contributed by atoms with Gasteiger partial charge in [-0.05, 0) is 55.2 Å². The number of rotatable bonds is 6. The quantitative estimate of drug-likeness (QED) is 0.470. The average Bonchev–Trinajstić information content (AvgIpc) is 3.29. The summed E-state index contributed by atoms with van der Waals surface area (Å²) in [6.45, 7) is 0. The van der Waals surface area contributed by atoms with Gasteiger partial charge in [0.05, 0.1) is 24.7 Å². The fourth-order valence-corrected chi connectivity index (χ4v) is 4.10. The molecule has 1 aromatic carbocycles. The van der Waals surface area contributed by atoms with Gasteiger partial charge >= 0.3 is 24.1 Å². The zero-order valence-electron chi connectivity index (χ0n) is 17.9. The number of methoxy groups -OCH3 is 1. The van der Waals surface area contributed by atoms with Gasteiger partial charge in [0.15, 0.2) is 0 Å². The molecule has 0 bridgehead atoms. The van der Waals surface area contributed by atoms with E-state index < -0.39 is 12.1 Å². The Labute approximate surface area is 188 Å². The number of benzene rings is 1. The molecule has 33 heavy (non-hydrogen) atoms. The maximum Gasteiger partial charge on any atom is 0.470 e. The Morgan fingerprint density at radius 3 is 2.39 bits per heavy atom. The number of hydrogen-bond donors (Lipinski definition) is 1. The van der Waals surface area contributed by atoms with Crippen LogP contribution >= 0.6 is 0 Å². The van der Waals surface area contributed by atoms with E-state index >= 15 is 0 Å². The number of hydrogen-bond acceptors (Lipinski definition) is 7. The number of pyridine rings is 1. The van der Waals surface area contributed by atoms with Crippen LogP contribution in [0.2, 0.25) is 0 Å². The molecule has 0 radical (unpaired) electrons. The lowest BCUT2D eigenvalue weighted by Gasteiger charge is -2.28. The predicted molar refractivity (Wildman–Crippen MR) is 114 cm³/mol. The van der Waals surface area contributed by atoms with Crippen molar-refractivity contribution in [1.29, 1.82) is 0 Å². The van der Waals surface area contributed by atoms with E-state index in [1.165, 1.54) is 18.9 Å². The highest BCUT2D eigenvalue weighted by Crippen LogP contribution is 2.37. The maximum absolute atomic E-state index is 12.6. The molecule has 1 N–H and O–H groups in total. The Morgan fingerprint density at radius 2 is 1.82 bits per heavy atom. The molecule has 0 saturated heterocycles. The molecule has 0 amide bonds. The summed E-state index contributed by atoms with van der Waals surface area (Å²) in [4.78, 5) is 15.8. The minimum atomic E-state index is -4.69. The number of alkyl halides is 3. The van der Waals surface area contributed by atoms with E-state index in [9.17, 15) is 18.0 Å². The molecule has 2 aromatic heterocycles. The first kappa shape index (κ1) is 22.8. The van der Waals surface area contributed by atoms with Crippen molar-refractivity contribution < 1.29 is 27.1 Å². The second kappa shape index (κ2) is 9.60. The van der Waals surface area contributed by atoms with E-state index in [-0.39, 0.29) is 12.0 Å². The number of carbonyl (C=O) groups excluding carboxylic acids is 1. The molecule has 2 heterocycles. The summed E-state index contributed by atoms with van der Waals surface area (Å²) < 4.78 is 47.0. The summed E-state index contributed by atoms with van der Waals surface area (Å²) in [7, 11) is 1.43. The summed E-state index contributed by atoms with van der Waals surface area (Å²) in [5, 5.41) is 8.92. The molecule has 3 aromatic rings. The number of carbonyl (C=O) groups is 1. The molecular weight excluding hydrogens is 437 g/mol. The Kier molecular flexibility index (Phi) is 6.62. The summed E-state index contributed by atoms with van der Waals surface area (Å²) in [5.41, 5.74) is 3.36. The number of esters is 1. The molecule has 1 fully saturated rings. The number of anilines is 2. The van der Waals surface area contributed by atoms with Crippen LogP contribution in [0.25, 0.3) is 11.3 Å². The molecule has 10 heteroatoms. The molecule has 0 unspecified atom stereocenters. The van der Waals surface area contributed by atoms with Gasteiger partial charge in [-0.15, -0.1) is 5.10 Å². The highest BCUT2D eigenvalue weighted by Gasteiger charge is 2.38. The molecule has 7 nitrogen and oxygen atoms in total. The molecular formula is C23H23F3N4O3. The van der Waals surface area contributed by atoms with Gasteiger partial charge in [0.2, 0.25) is 0 Å². The highest BCUT2D eigenvalue weighted by molar-refractivity contribution is 5.69. The molecule has 1 aliphatic rings. The zero-order valence-corrected chi connectivity index (χ0v) is 17.9. The van der Waals surface area contributed by atoms with Crippen LogP contribution < -0.4 is 5.32 Å². The highest BCUT2D eigenvalue weighted by atomic mass is 19.4. The third-order valence-electron chi connectivity index (χ3n) is 5.89. The van der Waals surface area contributed by atoms with Crippen LogP contribution in [0.5, 0.6) is 0 Å². The van der Waals surface area contributed by atoms with E-state index in [0.717, 1.165) is 36.9 Å². The first-order valence-corrected chi connectivity index (χ1v) is 10.6. The molecule has 4 rings (SSSR count). The van der Waals surface area contributed by atoms with E-state index in [2.05, 4.69) is 37.0 Å². The SMILES string of the molecule is COC(=O)CC1CCC(c2ccc(-c3ccc(Nc4nnc(C(F)(F)F)o4)cn3)cc2)CC1. The molecule has 1 aliphatic carbocycles. The third-order valence-corrected chi connectivity index (χ3v) is 5.89. The molecule has 174 valence electrons. The van der Waals surface area contributed by atoms with Gasteiger partial charge in [0.1, 0.15) is 0 Å². The van der Waals surface area contributed by atoms with Crippen molar-refractivity contribution in [3.8, 4) is 11.3 Å². The average molecular weight is 460 g/mol. The Morgan fingerprint density at radius 1 is 1.09 bits per heavy atom. The van der Waals surface area contributed by atoms with E-state index in [4.69, 9.17) is 4.74 Å². The topological polar surface area (TPSA) is 90.1 Å². The predicted octanol–water partition coefficient (Wildman–Crippen LogP) is 5.73. The van der Waals surface area contributed by atoms with E-state index in [1.807, 2.05) is 12.1 Å². The fourth-order valence-electron chi connectivity index (χ4n) is 4.10. The van der Waals surface area contributed by atoms with Crippen LogP contribution in [-0.2, 0) is 15.7 Å². The van der Waals surface area contributed by atoms with Crippen LogP contribution in [0.1, 0.15) is 49.5 Å². The van der Waals surface area contributed by atoms with Gasteiger partial charge in [0.25, 0.3) is 0 Å². The Balaban J connectivity index is 1.34. The largest absolute Gasteiger partial charge is 0.470 e. The standard InChI is InChI=1S/C23H23F3N4O3/c1-32-20(31)12-14-2-4-15(5-3-14)16-6-8-17(9-7-16)19-11-10-18(13-27-19)28-22-30-29-21(33-22)23(24,25)26/h6-11,13-15H,2-5,12H2,1H3,(H,28,30). The van der Waals surface area contributed by atoms with Gasteiger partial charge in [-0.1, -0.05) is 29.4 Å². The number of nitrogens with one attached hydrogen (secondary N) is 1. The second-order valence-corrected chi connectivity index (χ2v) is 8.09. The molecule has 0 spiro atoms. The zero-order chi connectivity index (χ0) is 23.4. The van der Waals surface area contributed by atoms with Gasteiger partial charge in [-0.2, -0.15) is 13.2 Å². The van der Waals surface area contributed by atoms with Crippen LogP contribution in [-0.4, -0.2) is 28.3 Å². The second-order valence-electron chi connectivity index (χ2n) is 8.09. The number of halogens is 3.